The van der Waals surface area contributed by atoms with Crippen molar-refractivity contribution in [3.8, 4) is 0 Å². The Balaban J connectivity index is 1.97. The highest BCUT2D eigenvalue weighted by molar-refractivity contribution is 5.13. The van der Waals surface area contributed by atoms with Crippen molar-refractivity contribution in [2.75, 3.05) is 0 Å². The molecule has 2 rings (SSSR count). The van der Waals surface area contributed by atoms with Crippen molar-refractivity contribution in [1.82, 2.24) is 24.9 Å². The van der Waals surface area contributed by atoms with Crippen LogP contribution >= 0.6 is 0 Å². The number of hydrogen-bond donors (Lipinski definition) is 1. The van der Waals surface area contributed by atoms with Gasteiger partial charge in [-0.1, -0.05) is 0 Å². The normalized spacial score (nSPS) is 12.1. The van der Waals surface area contributed by atoms with Gasteiger partial charge in [-0.2, -0.15) is 23.4 Å². The lowest BCUT2D eigenvalue weighted by molar-refractivity contribution is -0.143. The molecule has 0 unspecified atom stereocenters. The summed E-state index contributed by atoms with van der Waals surface area (Å²) in [7, 11) is 3.11. The van der Waals surface area contributed by atoms with Crippen LogP contribution in [0.4, 0.5) is 13.2 Å². The highest BCUT2D eigenvalue weighted by Crippen LogP contribution is 2.29. The summed E-state index contributed by atoms with van der Waals surface area (Å²) in [4.78, 5) is 0. The molecule has 2 heterocycles. The molecule has 0 aliphatic heterocycles. The van der Waals surface area contributed by atoms with E-state index in [0.717, 1.165) is 22.1 Å². The summed E-state index contributed by atoms with van der Waals surface area (Å²) in [5, 5.41) is 11.1. The van der Waals surface area contributed by atoms with Crippen molar-refractivity contribution in [3.63, 3.8) is 0 Å². The van der Waals surface area contributed by atoms with E-state index in [0.29, 0.717) is 12.2 Å². The van der Waals surface area contributed by atoms with Gasteiger partial charge in [0.15, 0.2) is 0 Å². The molecule has 0 fully saturated rings. The van der Waals surface area contributed by atoms with Crippen molar-refractivity contribution in [3.05, 3.63) is 34.9 Å². The zero-order valence-corrected chi connectivity index (χ0v) is 11.5. The highest BCUT2D eigenvalue weighted by atomic mass is 19.4. The molecule has 20 heavy (non-hydrogen) atoms. The van der Waals surface area contributed by atoms with Gasteiger partial charge in [-0.3, -0.25) is 9.36 Å². The summed E-state index contributed by atoms with van der Waals surface area (Å²) < 4.78 is 40.4. The van der Waals surface area contributed by atoms with Gasteiger partial charge in [0.25, 0.3) is 0 Å². The van der Waals surface area contributed by atoms with Crippen molar-refractivity contribution in [2.45, 2.75) is 26.2 Å². The molecule has 2 aromatic heterocycles. The van der Waals surface area contributed by atoms with Crippen LogP contribution in [0.25, 0.3) is 0 Å². The first kappa shape index (κ1) is 14.6. The Morgan fingerprint density at radius 2 is 1.80 bits per heavy atom. The van der Waals surface area contributed by atoms with Crippen LogP contribution in [-0.2, 0) is 33.4 Å². The number of rotatable bonds is 4. The van der Waals surface area contributed by atoms with Gasteiger partial charge in [0.2, 0.25) is 0 Å². The van der Waals surface area contributed by atoms with E-state index in [9.17, 15) is 13.2 Å². The minimum Gasteiger partial charge on any atom is -0.305 e. The van der Waals surface area contributed by atoms with E-state index in [1.54, 1.807) is 4.68 Å². The lowest BCUT2D eigenvalue weighted by Crippen LogP contribution is -2.15. The molecule has 0 spiro atoms. The van der Waals surface area contributed by atoms with Crippen LogP contribution in [0.3, 0.4) is 0 Å². The maximum atomic E-state index is 12.6. The van der Waals surface area contributed by atoms with Gasteiger partial charge in [-0.25, -0.2) is 0 Å². The van der Waals surface area contributed by atoms with E-state index in [1.165, 1.54) is 7.05 Å². The van der Waals surface area contributed by atoms with Crippen LogP contribution in [0, 0.1) is 6.92 Å². The third kappa shape index (κ3) is 3.19. The number of alkyl halides is 3. The Morgan fingerprint density at radius 3 is 2.30 bits per heavy atom. The summed E-state index contributed by atoms with van der Waals surface area (Å²) >= 11 is 0. The molecule has 5 nitrogen and oxygen atoms in total. The van der Waals surface area contributed by atoms with Gasteiger partial charge in [-0.05, 0) is 19.1 Å². The van der Waals surface area contributed by atoms with Gasteiger partial charge in [0.05, 0.1) is 17.1 Å². The monoisotopic (exact) mass is 287 g/mol. The Hall–Kier alpha value is -1.83. The minimum absolute atomic E-state index is 0.272. The number of nitrogens with one attached hydrogen (secondary N) is 1. The quantitative estimate of drug-likeness (QED) is 0.932. The van der Waals surface area contributed by atoms with Crippen LogP contribution in [0.5, 0.6) is 0 Å². The number of aromatic nitrogens is 4. The second-order valence-electron chi connectivity index (χ2n) is 4.65. The summed E-state index contributed by atoms with van der Waals surface area (Å²) in [5.41, 5.74) is 1.49. The van der Waals surface area contributed by atoms with E-state index in [1.807, 2.05) is 20.0 Å². The molecule has 0 radical (unpaired) electrons. The van der Waals surface area contributed by atoms with Gasteiger partial charge >= 0.3 is 6.18 Å². The molecular formula is C12H16F3N5. The van der Waals surface area contributed by atoms with E-state index < -0.39 is 11.9 Å². The van der Waals surface area contributed by atoms with Crippen LogP contribution in [0.15, 0.2) is 12.1 Å². The fourth-order valence-corrected chi connectivity index (χ4v) is 2.03. The molecular weight excluding hydrogens is 271 g/mol. The molecule has 0 aliphatic rings. The maximum absolute atomic E-state index is 12.6. The van der Waals surface area contributed by atoms with Crippen LogP contribution < -0.4 is 5.32 Å². The zero-order chi connectivity index (χ0) is 14.9. The Bertz CT molecular complexity index is 597. The van der Waals surface area contributed by atoms with Crippen molar-refractivity contribution in [1.29, 1.82) is 0 Å². The van der Waals surface area contributed by atoms with Crippen molar-refractivity contribution in [2.24, 2.45) is 14.1 Å². The maximum Gasteiger partial charge on any atom is 0.433 e. The first-order valence-corrected chi connectivity index (χ1v) is 6.07. The number of hydrogen-bond acceptors (Lipinski definition) is 3. The topological polar surface area (TPSA) is 47.7 Å². The summed E-state index contributed by atoms with van der Waals surface area (Å²) in [6.07, 6.45) is -4.38. The standard InChI is InChI=1S/C12H16F3N5/c1-8-4-10(19(2)17-8)7-16-6-9-5-11(12(13,14)15)20(3)18-9/h4-5,16H,6-7H2,1-3H3. The first-order chi connectivity index (χ1) is 9.27. The molecule has 0 atom stereocenters. The third-order valence-corrected chi connectivity index (χ3v) is 2.93. The predicted molar refractivity (Wildman–Crippen MR) is 66.7 cm³/mol. The molecule has 1 N–H and O–H groups in total. The Morgan fingerprint density at radius 1 is 1.10 bits per heavy atom. The van der Waals surface area contributed by atoms with Crippen molar-refractivity contribution < 1.29 is 13.2 Å². The lowest BCUT2D eigenvalue weighted by Gasteiger charge is -2.04. The zero-order valence-electron chi connectivity index (χ0n) is 11.5. The number of aryl methyl sites for hydroxylation is 3. The van der Waals surface area contributed by atoms with E-state index in [2.05, 4.69) is 15.5 Å². The molecule has 0 aromatic carbocycles. The molecule has 0 aliphatic carbocycles. The molecule has 0 saturated carbocycles. The van der Waals surface area contributed by atoms with Gasteiger partial charge in [-0.15, -0.1) is 0 Å². The minimum atomic E-state index is -4.38. The number of nitrogens with zero attached hydrogens (tertiary/aromatic N) is 4. The molecule has 8 heteroatoms. The van der Waals surface area contributed by atoms with Crippen LogP contribution in [0.2, 0.25) is 0 Å². The molecule has 0 amide bonds. The van der Waals surface area contributed by atoms with Crippen LogP contribution in [0.1, 0.15) is 22.8 Å². The predicted octanol–water partition coefficient (Wildman–Crippen LogP) is 1.77. The largest absolute Gasteiger partial charge is 0.433 e. The Labute approximate surface area is 114 Å². The second-order valence-corrected chi connectivity index (χ2v) is 4.65. The molecule has 110 valence electrons. The van der Waals surface area contributed by atoms with E-state index in [-0.39, 0.29) is 6.54 Å². The first-order valence-electron chi connectivity index (χ1n) is 6.07. The van der Waals surface area contributed by atoms with Gasteiger partial charge in [0, 0.05) is 27.2 Å². The highest BCUT2D eigenvalue weighted by Gasteiger charge is 2.34. The van der Waals surface area contributed by atoms with Gasteiger partial charge in [0.1, 0.15) is 5.69 Å². The smallest absolute Gasteiger partial charge is 0.305 e. The molecule has 0 saturated heterocycles. The third-order valence-electron chi connectivity index (χ3n) is 2.93. The second kappa shape index (κ2) is 5.28. The summed E-state index contributed by atoms with van der Waals surface area (Å²) in [5.74, 6) is 0. The fourth-order valence-electron chi connectivity index (χ4n) is 2.03. The van der Waals surface area contributed by atoms with Crippen LogP contribution in [-0.4, -0.2) is 19.6 Å². The summed E-state index contributed by atoms with van der Waals surface area (Å²) in [6.45, 7) is 2.68. The average Bonchev–Trinajstić information content (AvgIpc) is 2.82. The molecule has 0 bridgehead atoms. The van der Waals surface area contributed by atoms with E-state index >= 15 is 0 Å². The Kier molecular flexibility index (Phi) is 3.85. The summed E-state index contributed by atoms with van der Waals surface area (Å²) in [6, 6.07) is 2.98. The average molecular weight is 287 g/mol. The molecule has 2 aromatic rings. The lowest BCUT2D eigenvalue weighted by atomic mass is 10.3. The number of halogens is 3. The van der Waals surface area contributed by atoms with E-state index in [4.69, 9.17) is 0 Å². The van der Waals surface area contributed by atoms with Gasteiger partial charge < -0.3 is 5.32 Å². The van der Waals surface area contributed by atoms with Crippen molar-refractivity contribution >= 4 is 0 Å². The fraction of sp³-hybridized carbons (Fsp3) is 0.500. The SMILES string of the molecule is Cc1cc(CNCc2cc(C(F)(F)F)n(C)n2)n(C)n1.